The van der Waals surface area contributed by atoms with Crippen LogP contribution in [-0.4, -0.2) is 38.6 Å². The zero-order chi connectivity index (χ0) is 17.4. The van der Waals surface area contributed by atoms with Gasteiger partial charge in [0.1, 0.15) is 5.75 Å². The molecule has 3 aromatic rings. The van der Waals surface area contributed by atoms with Crippen LogP contribution in [0.3, 0.4) is 0 Å². The predicted molar refractivity (Wildman–Crippen MR) is 93.5 cm³/mol. The number of nitrogens with zero attached hydrogens (tertiary/aromatic N) is 4. The molecule has 0 spiro atoms. The highest BCUT2D eigenvalue weighted by atomic mass is 16.5. The third-order valence-electron chi connectivity index (χ3n) is 4.48. The molecule has 1 aliphatic rings. The van der Waals surface area contributed by atoms with Crippen LogP contribution < -0.4 is 4.74 Å². The van der Waals surface area contributed by atoms with Crippen LogP contribution in [0.25, 0.3) is 5.65 Å². The second-order valence-corrected chi connectivity index (χ2v) is 6.46. The Bertz CT molecular complexity index is 948. The van der Waals surface area contributed by atoms with Gasteiger partial charge in [0.15, 0.2) is 12.3 Å². The molecule has 2 aromatic heterocycles. The van der Waals surface area contributed by atoms with Crippen LogP contribution in [0.5, 0.6) is 5.75 Å². The van der Waals surface area contributed by atoms with Crippen LogP contribution >= 0.6 is 0 Å². The van der Waals surface area contributed by atoms with Gasteiger partial charge in [0.25, 0.3) is 5.91 Å². The number of carbonyl (C=O) groups excluding carboxylic acids is 1. The van der Waals surface area contributed by atoms with Gasteiger partial charge in [-0.25, -0.2) is 9.50 Å². The first kappa shape index (κ1) is 15.6. The van der Waals surface area contributed by atoms with Crippen molar-refractivity contribution in [1.82, 2.24) is 19.5 Å². The van der Waals surface area contributed by atoms with Crippen molar-refractivity contribution in [3.63, 3.8) is 0 Å². The van der Waals surface area contributed by atoms with E-state index in [0.717, 1.165) is 40.3 Å². The van der Waals surface area contributed by atoms with Crippen molar-refractivity contribution < 1.29 is 9.53 Å². The number of rotatable bonds is 3. The van der Waals surface area contributed by atoms with Crippen LogP contribution in [0.15, 0.2) is 36.5 Å². The van der Waals surface area contributed by atoms with E-state index in [1.54, 1.807) is 0 Å². The lowest BCUT2D eigenvalue weighted by atomic mass is 10.1. The Morgan fingerprint density at radius 2 is 2.16 bits per heavy atom. The van der Waals surface area contributed by atoms with E-state index in [1.807, 2.05) is 59.8 Å². The van der Waals surface area contributed by atoms with Gasteiger partial charge in [-0.15, -0.1) is 0 Å². The summed E-state index contributed by atoms with van der Waals surface area (Å²) in [4.78, 5) is 18.8. The van der Waals surface area contributed by atoms with Gasteiger partial charge in [0.05, 0.1) is 11.4 Å². The smallest absolute Gasteiger partial charge is 0.260 e. The van der Waals surface area contributed by atoms with Crippen molar-refractivity contribution in [2.45, 2.75) is 26.8 Å². The lowest BCUT2D eigenvalue weighted by Crippen LogP contribution is -2.39. The Morgan fingerprint density at radius 3 is 3.00 bits per heavy atom. The zero-order valence-corrected chi connectivity index (χ0v) is 14.4. The third kappa shape index (κ3) is 3.07. The molecule has 4 rings (SSSR count). The van der Waals surface area contributed by atoms with Crippen molar-refractivity contribution >= 4 is 11.6 Å². The topological polar surface area (TPSA) is 59.7 Å². The van der Waals surface area contributed by atoms with Gasteiger partial charge in [-0.2, -0.15) is 5.10 Å². The molecule has 3 heterocycles. The molecule has 1 aliphatic heterocycles. The highest BCUT2D eigenvalue weighted by Gasteiger charge is 2.23. The molecule has 128 valence electrons. The number of hydrogen-bond acceptors (Lipinski definition) is 4. The number of benzene rings is 1. The maximum absolute atomic E-state index is 12.5. The first-order chi connectivity index (χ1) is 12.1. The monoisotopic (exact) mass is 336 g/mol. The van der Waals surface area contributed by atoms with Crippen LogP contribution in [-0.2, 0) is 17.8 Å². The summed E-state index contributed by atoms with van der Waals surface area (Å²) in [5.74, 6) is 0.713. The molecule has 1 amide bonds. The average molecular weight is 336 g/mol. The molecule has 0 fully saturated rings. The maximum Gasteiger partial charge on any atom is 0.260 e. The maximum atomic E-state index is 12.5. The van der Waals surface area contributed by atoms with Gasteiger partial charge in [0, 0.05) is 37.3 Å². The summed E-state index contributed by atoms with van der Waals surface area (Å²) in [5.41, 5.74) is 5.11. The van der Waals surface area contributed by atoms with E-state index in [9.17, 15) is 4.79 Å². The number of hydrogen-bond donors (Lipinski definition) is 0. The van der Waals surface area contributed by atoms with Crippen molar-refractivity contribution in [2.24, 2.45) is 0 Å². The van der Waals surface area contributed by atoms with E-state index in [2.05, 4.69) is 10.1 Å². The summed E-state index contributed by atoms with van der Waals surface area (Å²) in [5, 5.41) is 4.51. The molecule has 0 radical (unpaired) electrons. The van der Waals surface area contributed by atoms with Gasteiger partial charge >= 0.3 is 0 Å². The molecule has 0 aliphatic carbocycles. The molecule has 25 heavy (non-hydrogen) atoms. The Kier molecular flexibility index (Phi) is 3.87. The fourth-order valence-corrected chi connectivity index (χ4v) is 3.21. The molecule has 0 saturated heterocycles. The Morgan fingerprint density at radius 1 is 1.28 bits per heavy atom. The molecular formula is C19H20N4O2. The van der Waals surface area contributed by atoms with Gasteiger partial charge < -0.3 is 9.64 Å². The SMILES string of the molecule is Cc1cccc(OCC(=O)N2CCc3c(cnc4cc(C)nn34)C2)c1. The predicted octanol–water partition coefficient (Wildman–Crippen LogP) is 2.31. The summed E-state index contributed by atoms with van der Waals surface area (Å²) in [6.45, 7) is 5.23. The Labute approximate surface area is 146 Å². The van der Waals surface area contributed by atoms with Crippen LogP contribution in [0.2, 0.25) is 0 Å². The Balaban J connectivity index is 1.46. The molecule has 0 unspecified atom stereocenters. The summed E-state index contributed by atoms with van der Waals surface area (Å²) in [6, 6.07) is 9.69. The second kappa shape index (κ2) is 6.20. The lowest BCUT2D eigenvalue weighted by Gasteiger charge is -2.28. The molecule has 0 N–H and O–H groups in total. The van der Waals surface area contributed by atoms with E-state index < -0.39 is 0 Å². The molecular weight excluding hydrogens is 316 g/mol. The average Bonchev–Trinajstić information content (AvgIpc) is 3.00. The minimum absolute atomic E-state index is 0.0103. The van der Waals surface area contributed by atoms with Gasteiger partial charge in [0.2, 0.25) is 0 Å². The minimum Gasteiger partial charge on any atom is -0.484 e. The van der Waals surface area contributed by atoms with E-state index in [-0.39, 0.29) is 12.5 Å². The van der Waals surface area contributed by atoms with Crippen LogP contribution in [0.1, 0.15) is 22.5 Å². The summed E-state index contributed by atoms with van der Waals surface area (Å²) < 4.78 is 7.54. The molecule has 6 heteroatoms. The number of fused-ring (bicyclic) bond motifs is 3. The number of aromatic nitrogens is 3. The fourth-order valence-electron chi connectivity index (χ4n) is 3.21. The zero-order valence-electron chi connectivity index (χ0n) is 14.4. The highest BCUT2D eigenvalue weighted by molar-refractivity contribution is 5.78. The van der Waals surface area contributed by atoms with E-state index in [4.69, 9.17) is 4.74 Å². The summed E-state index contributed by atoms with van der Waals surface area (Å²) >= 11 is 0. The molecule has 1 aromatic carbocycles. The first-order valence-electron chi connectivity index (χ1n) is 8.40. The fraction of sp³-hybridized carbons (Fsp3) is 0.316. The lowest BCUT2D eigenvalue weighted by molar-refractivity contribution is -0.134. The van der Waals surface area contributed by atoms with Crippen molar-refractivity contribution in [2.75, 3.05) is 13.2 Å². The number of amides is 1. The highest BCUT2D eigenvalue weighted by Crippen LogP contribution is 2.20. The molecule has 6 nitrogen and oxygen atoms in total. The first-order valence-corrected chi connectivity index (χ1v) is 8.40. The van der Waals surface area contributed by atoms with E-state index in [1.165, 1.54) is 0 Å². The van der Waals surface area contributed by atoms with Crippen molar-refractivity contribution in [3.05, 3.63) is 59.0 Å². The summed E-state index contributed by atoms with van der Waals surface area (Å²) in [6.07, 6.45) is 2.62. The minimum atomic E-state index is -0.0103. The third-order valence-corrected chi connectivity index (χ3v) is 4.48. The number of carbonyl (C=O) groups is 1. The Hall–Kier alpha value is -2.89. The second-order valence-electron chi connectivity index (χ2n) is 6.46. The van der Waals surface area contributed by atoms with E-state index in [0.29, 0.717) is 13.1 Å². The molecule has 0 saturated carbocycles. The van der Waals surface area contributed by atoms with Crippen LogP contribution in [0, 0.1) is 13.8 Å². The molecule has 0 atom stereocenters. The molecule has 0 bridgehead atoms. The van der Waals surface area contributed by atoms with Crippen molar-refractivity contribution in [3.8, 4) is 5.75 Å². The van der Waals surface area contributed by atoms with Gasteiger partial charge in [-0.3, -0.25) is 4.79 Å². The normalized spacial score (nSPS) is 13.8. The summed E-state index contributed by atoms with van der Waals surface area (Å²) in [7, 11) is 0. The van der Waals surface area contributed by atoms with Crippen molar-refractivity contribution in [1.29, 1.82) is 0 Å². The quantitative estimate of drug-likeness (QED) is 0.736. The van der Waals surface area contributed by atoms with Crippen LogP contribution in [0.4, 0.5) is 0 Å². The standard InChI is InChI=1S/C19H20N4O2/c1-13-4-3-5-16(8-13)25-12-19(24)22-7-6-17-15(11-22)10-20-18-9-14(2)21-23(17)18/h3-5,8-10H,6-7,11-12H2,1-2H3. The number of aryl methyl sites for hydroxylation is 2. The van der Waals surface area contributed by atoms with Gasteiger partial charge in [-0.1, -0.05) is 12.1 Å². The van der Waals surface area contributed by atoms with Gasteiger partial charge in [-0.05, 0) is 31.5 Å². The van der Waals surface area contributed by atoms with E-state index >= 15 is 0 Å². The largest absolute Gasteiger partial charge is 0.484 e. The number of ether oxygens (including phenoxy) is 1.